The summed E-state index contributed by atoms with van der Waals surface area (Å²) in [6.45, 7) is 2.05. The number of hydrogen-bond acceptors (Lipinski definition) is 4. The number of aryl methyl sites for hydroxylation is 1. The lowest BCUT2D eigenvalue weighted by molar-refractivity contribution is 0.0598. The molecule has 1 aliphatic rings. The number of methoxy groups -OCH3 is 1. The molecule has 0 unspecified atom stereocenters. The van der Waals surface area contributed by atoms with E-state index in [4.69, 9.17) is 9.47 Å². The monoisotopic (exact) mass is 385 g/mol. The van der Waals surface area contributed by atoms with Crippen LogP contribution in [0.15, 0.2) is 60.8 Å². The van der Waals surface area contributed by atoms with E-state index in [1.807, 2.05) is 31.3 Å². The molecule has 4 aromatic rings. The quantitative estimate of drug-likeness (QED) is 0.470. The summed E-state index contributed by atoms with van der Waals surface area (Å²) in [5.41, 5.74) is 5.54. The first-order valence-corrected chi connectivity index (χ1v) is 9.36. The molecule has 2 N–H and O–H groups in total. The Morgan fingerprint density at radius 2 is 1.90 bits per heavy atom. The summed E-state index contributed by atoms with van der Waals surface area (Å²) in [7, 11) is 1.30. The van der Waals surface area contributed by atoms with Gasteiger partial charge in [-0.1, -0.05) is 42.0 Å². The summed E-state index contributed by atoms with van der Waals surface area (Å²) in [5, 5.41) is 11.4. The van der Waals surface area contributed by atoms with Crippen molar-refractivity contribution in [3.8, 4) is 22.6 Å². The molecule has 0 saturated heterocycles. The molecule has 2 heterocycles. The van der Waals surface area contributed by atoms with Crippen molar-refractivity contribution in [1.29, 1.82) is 0 Å². The average molecular weight is 385 g/mol. The van der Waals surface area contributed by atoms with Crippen molar-refractivity contribution in [2.45, 2.75) is 13.0 Å². The Balaban J connectivity index is 1.86. The fourth-order valence-corrected chi connectivity index (χ4v) is 4.05. The van der Waals surface area contributed by atoms with E-state index < -0.39 is 5.97 Å². The van der Waals surface area contributed by atoms with Crippen LogP contribution in [0.5, 0.6) is 11.5 Å². The molecule has 5 nitrogen and oxygen atoms in total. The van der Waals surface area contributed by atoms with Gasteiger partial charge in [-0.05, 0) is 30.7 Å². The molecule has 0 amide bonds. The minimum Gasteiger partial charge on any atom is -0.507 e. The second kappa shape index (κ2) is 6.41. The Morgan fingerprint density at radius 3 is 2.66 bits per heavy atom. The van der Waals surface area contributed by atoms with E-state index in [1.165, 1.54) is 18.7 Å². The maximum atomic E-state index is 12.5. The molecule has 29 heavy (non-hydrogen) atoms. The molecule has 144 valence electrons. The van der Waals surface area contributed by atoms with Crippen molar-refractivity contribution in [1.82, 2.24) is 4.98 Å². The highest BCUT2D eigenvalue weighted by Crippen LogP contribution is 2.48. The van der Waals surface area contributed by atoms with Gasteiger partial charge in [0.2, 0.25) is 0 Å². The topological polar surface area (TPSA) is 71.5 Å². The maximum absolute atomic E-state index is 12.5. The highest BCUT2D eigenvalue weighted by atomic mass is 16.5. The van der Waals surface area contributed by atoms with Crippen molar-refractivity contribution in [2.75, 3.05) is 7.11 Å². The van der Waals surface area contributed by atoms with Gasteiger partial charge in [0.05, 0.1) is 7.11 Å². The van der Waals surface area contributed by atoms with Crippen molar-refractivity contribution in [3.05, 3.63) is 83.0 Å². The number of carbonyl (C=O) groups is 1. The van der Waals surface area contributed by atoms with Gasteiger partial charge in [-0.15, -0.1) is 0 Å². The summed E-state index contributed by atoms with van der Waals surface area (Å²) in [4.78, 5) is 15.8. The Morgan fingerprint density at radius 1 is 1.10 bits per heavy atom. The number of ether oxygens (including phenoxy) is 2. The van der Waals surface area contributed by atoms with Crippen molar-refractivity contribution in [3.63, 3.8) is 0 Å². The zero-order chi connectivity index (χ0) is 20.1. The van der Waals surface area contributed by atoms with Crippen LogP contribution in [0.1, 0.15) is 33.2 Å². The first-order chi connectivity index (χ1) is 14.1. The molecule has 1 aliphatic heterocycles. The third-order valence-electron chi connectivity index (χ3n) is 5.45. The number of phenols is 1. The number of esters is 1. The Hall–Kier alpha value is -3.73. The lowest BCUT2D eigenvalue weighted by Crippen LogP contribution is -2.10. The lowest BCUT2D eigenvalue weighted by Gasteiger charge is -2.21. The molecular weight excluding hydrogens is 366 g/mol. The number of fused-ring (bicyclic) bond motifs is 2. The van der Waals surface area contributed by atoms with Gasteiger partial charge in [0.1, 0.15) is 23.2 Å². The van der Waals surface area contributed by atoms with E-state index in [9.17, 15) is 9.90 Å². The summed E-state index contributed by atoms with van der Waals surface area (Å²) in [6, 6.07) is 17.4. The highest BCUT2D eigenvalue weighted by molar-refractivity contribution is 6.08. The van der Waals surface area contributed by atoms with Crippen LogP contribution in [0.3, 0.4) is 0 Å². The van der Waals surface area contributed by atoms with Crippen LogP contribution < -0.4 is 4.74 Å². The largest absolute Gasteiger partial charge is 0.507 e. The minimum atomic E-state index is -0.608. The highest BCUT2D eigenvalue weighted by Gasteiger charge is 2.31. The fraction of sp³-hybridized carbons (Fsp3) is 0.125. The predicted octanol–water partition coefficient (Wildman–Crippen LogP) is 5.12. The molecule has 5 rings (SSSR count). The first kappa shape index (κ1) is 17.4. The minimum absolute atomic E-state index is 0.102. The zero-order valence-corrected chi connectivity index (χ0v) is 16.0. The van der Waals surface area contributed by atoms with Crippen LogP contribution in [-0.2, 0) is 4.74 Å². The number of aromatic amines is 1. The van der Waals surface area contributed by atoms with Crippen LogP contribution >= 0.6 is 0 Å². The number of H-pyrrole nitrogens is 1. The van der Waals surface area contributed by atoms with Crippen LogP contribution in [-0.4, -0.2) is 23.2 Å². The molecule has 0 spiro atoms. The molecule has 0 radical (unpaired) electrons. The van der Waals surface area contributed by atoms with Crippen LogP contribution in [0.25, 0.3) is 22.0 Å². The van der Waals surface area contributed by atoms with Gasteiger partial charge in [-0.2, -0.15) is 0 Å². The van der Waals surface area contributed by atoms with E-state index >= 15 is 0 Å². The van der Waals surface area contributed by atoms with Crippen molar-refractivity contribution >= 4 is 16.9 Å². The molecule has 0 saturated carbocycles. The van der Waals surface area contributed by atoms with E-state index in [2.05, 4.69) is 29.2 Å². The van der Waals surface area contributed by atoms with Crippen molar-refractivity contribution in [2.24, 2.45) is 0 Å². The summed E-state index contributed by atoms with van der Waals surface area (Å²) >= 11 is 0. The standard InChI is InChI=1S/C24H19NO4/c1-13-6-8-14(9-7-13)23-15-4-3-5-17-20(15)16(12-25-17)21-19(29-23)11-10-18(26)22(21)24(27)28-2/h3-12,23,25-26H,1-2H3/t23-/m1/s1. The Kier molecular flexibility index (Phi) is 3.84. The van der Waals surface area contributed by atoms with Gasteiger partial charge in [0.15, 0.2) is 0 Å². The normalized spacial score (nSPS) is 14.8. The molecule has 0 fully saturated rings. The second-order valence-corrected chi connectivity index (χ2v) is 7.21. The van der Waals surface area contributed by atoms with Gasteiger partial charge in [-0.25, -0.2) is 4.79 Å². The van der Waals surface area contributed by atoms with Crippen molar-refractivity contribution < 1.29 is 19.4 Å². The molecule has 1 atom stereocenters. The molecule has 0 aliphatic carbocycles. The molecule has 3 aromatic carbocycles. The molecular formula is C24H19NO4. The smallest absolute Gasteiger partial charge is 0.342 e. The number of aromatic hydroxyl groups is 1. The third-order valence-corrected chi connectivity index (χ3v) is 5.45. The molecule has 5 heteroatoms. The van der Waals surface area contributed by atoms with Gasteiger partial charge in [-0.3, -0.25) is 0 Å². The maximum Gasteiger partial charge on any atom is 0.342 e. The lowest BCUT2D eigenvalue weighted by atomic mass is 9.93. The van der Waals surface area contributed by atoms with E-state index in [0.717, 1.165) is 27.6 Å². The van der Waals surface area contributed by atoms with Gasteiger partial charge in [0, 0.05) is 33.8 Å². The third kappa shape index (κ3) is 2.58. The van der Waals surface area contributed by atoms with Gasteiger partial charge < -0.3 is 19.6 Å². The van der Waals surface area contributed by atoms with E-state index in [1.54, 1.807) is 6.07 Å². The van der Waals surface area contributed by atoms with Crippen LogP contribution in [0.4, 0.5) is 0 Å². The number of carbonyl (C=O) groups excluding carboxylic acids is 1. The number of benzene rings is 3. The number of hydrogen-bond donors (Lipinski definition) is 2. The molecule has 1 aromatic heterocycles. The summed E-state index contributed by atoms with van der Waals surface area (Å²) in [6.07, 6.45) is 1.49. The van der Waals surface area contributed by atoms with Crippen LogP contribution in [0.2, 0.25) is 0 Å². The second-order valence-electron chi connectivity index (χ2n) is 7.21. The SMILES string of the molecule is COC(=O)c1c(O)ccc2c1-c1c[nH]c3cccc(c13)[C@@H](c1ccc(C)cc1)O2. The zero-order valence-electron chi connectivity index (χ0n) is 16.0. The number of phenolic OH excluding ortho intramolecular Hbond substituents is 1. The number of nitrogens with one attached hydrogen (secondary N) is 1. The fourth-order valence-electron chi connectivity index (χ4n) is 4.05. The van der Waals surface area contributed by atoms with E-state index in [0.29, 0.717) is 11.3 Å². The number of aromatic nitrogens is 1. The number of rotatable bonds is 2. The summed E-state index contributed by atoms with van der Waals surface area (Å²) < 4.78 is 11.4. The van der Waals surface area contributed by atoms with Gasteiger partial charge >= 0.3 is 5.97 Å². The first-order valence-electron chi connectivity index (χ1n) is 9.36. The predicted molar refractivity (Wildman–Crippen MR) is 110 cm³/mol. The molecule has 0 bridgehead atoms. The average Bonchev–Trinajstić information content (AvgIpc) is 3.10. The Labute approximate surface area is 167 Å². The van der Waals surface area contributed by atoms with Crippen LogP contribution in [0, 0.1) is 6.92 Å². The summed E-state index contributed by atoms with van der Waals surface area (Å²) in [5.74, 6) is -0.228. The Bertz CT molecular complexity index is 1250. The van der Waals surface area contributed by atoms with Gasteiger partial charge in [0.25, 0.3) is 0 Å². The van der Waals surface area contributed by atoms with E-state index in [-0.39, 0.29) is 17.4 Å².